The second-order valence-corrected chi connectivity index (χ2v) is 9.26. The normalized spacial score (nSPS) is 25.3. The van der Waals surface area contributed by atoms with Crippen LogP contribution in [0.3, 0.4) is 0 Å². The Hall–Kier alpha value is -3.08. The van der Waals surface area contributed by atoms with E-state index in [1.807, 2.05) is 0 Å². The predicted octanol–water partition coefficient (Wildman–Crippen LogP) is -0.537. The molecular weight excluding hydrogens is 410 g/mol. The van der Waals surface area contributed by atoms with Gasteiger partial charge in [-0.05, 0) is 19.4 Å². The van der Waals surface area contributed by atoms with Gasteiger partial charge in [-0.1, -0.05) is 30.3 Å². The summed E-state index contributed by atoms with van der Waals surface area (Å²) in [6, 6.07) is 5.71. The molecular formula is C19H23N5O5S. The molecule has 0 bridgehead atoms. The molecule has 0 radical (unpaired) electrons. The molecule has 0 saturated carbocycles. The van der Waals surface area contributed by atoms with Crippen LogP contribution >= 0.6 is 11.8 Å². The maximum absolute atomic E-state index is 13.0. The summed E-state index contributed by atoms with van der Waals surface area (Å²) in [6.45, 7) is 3.27. The number of nitrogens with two attached hydrogens (primary N) is 1. The zero-order chi connectivity index (χ0) is 22.1. The quantitative estimate of drug-likeness (QED) is 0.256. The van der Waals surface area contributed by atoms with Gasteiger partial charge in [0.05, 0.1) is 6.34 Å². The van der Waals surface area contributed by atoms with Crippen molar-refractivity contribution in [3.05, 3.63) is 35.9 Å². The number of amides is 3. The molecule has 2 aliphatic heterocycles. The highest BCUT2D eigenvalue weighted by Gasteiger charge is 2.64. The third kappa shape index (κ3) is 3.97. The first-order chi connectivity index (χ1) is 14.2. The van der Waals surface area contributed by atoms with E-state index in [1.54, 1.807) is 44.2 Å². The van der Waals surface area contributed by atoms with Crippen LogP contribution < -0.4 is 16.4 Å². The zero-order valence-electron chi connectivity index (χ0n) is 16.4. The van der Waals surface area contributed by atoms with Crippen LogP contribution in [0.4, 0.5) is 0 Å². The number of nitrogens with one attached hydrogen (secondary N) is 2. The summed E-state index contributed by atoms with van der Waals surface area (Å²) < 4.78 is -0.696. The molecule has 2 heterocycles. The number of carbonyl (C=O) groups excluding carboxylic acids is 3. The molecule has 11 heteroatoms. The number of nitrogens with zero attached hydrogens (tertiary/aromatic N) is 2. The van der Waals surface area contributed by atoms with E-state index in [1.165, 1.54) is 16.7 Å². The van der Waals surface area contributed by atoms with Crippen LogP contribution in [-0.2, 0) is 19.2 Å². The first-order valence-electron chi connectivity index (χ1n) is 9.25. The molecule has 0 aliphatic carbocycles. The number of aliphatic carboxylic acids is 1. The number of hydrogen-bond donors (Lipinski definition) is 4. The highest BCUT2D eigenvalue weighted by Crippen LogP contribution is 2.50. The largest absolute Gasteiger partial charge is 0.480 e. The Balaban J connectivity index is 1.76. The SMILES string of the molecule is CC1(C)S[C@@H]2C(NC(=O)C(NC(=O)CN=CN)c3ccccc3)C(=O)N2[C@H]1C(=O)O. The Labute approximate surface area is 177 Å². The fourth-order valence-corrected chi connectivity index (χ4v) is 5.30. The number of hydrogen-bond acceptors (Lipinski definition) is 6. The monoisotopic (exact) mass is 433 g/mol. The van der Waals surface area contributed by atoms with Crippen molar-refractivity contribution in [2.75, 3.05) is 6.54 Å². The van der Waals surface area contributed by atoms with E-state index < -0.39 is 51.9 Å². The summed E-state index contributed by atoms with van der Waals surface area (Å²) >= 11 is 1.33. The number of fused-ring (bicyclic) bond motifs is 1. The van der Waals surface area contributed by atoms with Gasteiger partial charge < -0.3 is 26.4 Å². The van der Waals surface area contributed by atoms with Crippen molar-refractivity contribution in [2.24, 2.45) is 10.7 Å². The highest BCUT2D eigenvalue weighted by molar-refractivity contribution is 8.01. The smallest absolute Gasteiger partial charge is 0.327 e. The number of benzene rings is 1. The molecule has 1 aromatic carbocycles. The van der Waals surface area contributed by atoms with E-state index in [-0.39, 0.29) is 6.54 Å². The van der Waals surface area contributed by atoms with Crippen LogP contribution in [0.15, 0.2) is 35.3 Å². The van der Waals surface area contributed by atoms with Gasteiger partial charge in [0, 0.05) is 4.75 Å². The van der Waals surface area contributed by atoms with Crippen LogP contribution in [0.1, 0.15) is 25.5 Å². The summed E-state index contributed by atoms with van der Waals surface area (Å²) in [6.07, 6.45) is 0.997. The van der Waals surface area contributed by atoms with Gasteiger partial charge in [0.1, 0.15) is 30.0 Å². The molecule has 1 aromatic rings. The fourth-order valence-electron chi connectivity index (χ4n) is 3.67. The first kappa shape index (κ1) is 21.6. The first-order valence-corrected chi connectivity index (χ1v) is 10.1. The van der Waals surface area contributed by atoms with E-state index in [4.69, 9.17) is 5.73 Å². The molecule has 2 aliphatic rings. The molecule has 2 fully saturated rings. The van der Waals surface area contributed by atoms with Crippen molar-refractivity contribution in [1.29, 1.82) is 0 Å². The molecule has 30 heavy (non-hydrogen) atoms. The van der Waals surface area contributed by atoms with Gasteiger partial charge in [-0.2, -0.15) is 0 Å². The maximum atomic E-state index is 13.0. The van der Waals surface area contributed by atoms with Crippen molar-refractivity contribution in [3.63, 3.8) is 0 Å². The average molecular weight is 433 g/mol. The van der Waals surface area contributed by atoms with Crippen molar-refractivity contribution in [2.45, 2.75) is 42.1 Å². The standard InChI is InChI=1S/C19H23N5O5S/c1-19(2)14(18(28)29)24-16(27)13(17(24)30-19)23-15(26)12(10-6-4-3-5-7-10)22-11(25)8-21-9-20/h3-7,9,12-14,17H,8H2,1-2H3,(H2,20,21)(H,22,25)(H,23,26)(H,28,29)/t12?,13?,14-,17+/m0/s1. The molecule has 2 unspecified atom stereocenters. The van der Waals surface area contributed by atoms with E-state index in [2.05, 4.69) is 15.6 Å². The lowest BCUT2D eigenvalue weighted by molar-refractivity contribution is -0.161. The Morgan fingerprint density at radius 2 is 2.00 bits per heavy atom. The molecule has 3 rings (SSSR count). The van der Waals surface area contributed by atoms with Crippen LogP contribution in [0, 0.1) is 0 Å². The van der Waals surface area contributed by atoms with Crippen LogP contribution in [0.25, 0.3) is 0 Å². The summed E-state index contributed by atoms with van der Waals surface area (Å²) in [4.78, 5) is 54.3. The topological polar surface area (TPSA) is 154 Å². The summed E-state index contributed by atoms with van der Waals surface area (Å²) in [7, 11) is 0. The predicted molar refractivity (Wildman–Crippen MR) is 111 cm³/mol. The van der Waals surface area contributed by atoms with Crippen molar-refractivity contribution in [3.8, 4) is 0 Å². The molecule has 160 valence electrons. The molecule has 4 atom stereocenters. The Morgan fingerprint density at radius 1 is 1.33 bits per heavy atom. The number of rotatable bonds is 7. The lowest BCUT2D eigenvalue weighted by Gasteiger charge is -2.44. The van der Waals surface area contributed by atoms with Crippen LogP contribution in [0.5, 0.6) is 0 Å². The van der Waals surface area contributed by atoms with E-state index >= 15 is 0 Å². The molecule has 2 saturated heterocycles. The third-order valence-corrected chi connectivity index (χ3v) is 6.58. The number of β-lactam (4-membered cyclic amide) rings is 1. The van der Waals surface area contributed by atoms with Crippen molar-refractivity contribution >= 4 is 41.8 Å². The molecule has 0 spiro atoms. The zero-order valence-corrected chi connectivity index (χ0v) is 17.3. The number of carboxylic acid groups (broad SMARTS) is 1. The number of carboxylic acids is 1. The number of aliphatic imine (C=N–C) groups is 1. The average Bonchev–Trinajstić information content (AvgIpc) is 2.97. The van der Waals surface area contributed by atoms with Gasteiger partial charge in [-0.3, -0.25) is 19.4 Å². The fraction of sp³-hybridized carbons (Fsp3) is 0.421. The maximum Gasteiger partial charge on any atom is 0.327 e. The molecule has 10 nitrogen and oxygen atoms in total. The minimum Gasteiger partial charge on any atom is -0.480 e. The van der Waals surface area contributed by atoms with Crippen molar-refractivity contribution in [1.82, 2.24) is 15.5 Å². The minimum atomic E-state index is -1.08. The second kappa shape index (κ2) is 8.34. The van der Waals surface area contributed by atoms with Gasteiger partial charge in [-0.15, -0.1) is 11.8 Å². The van der Waals surface area contributed by atoms with E-state index in [0.717, 1.165) is 6.34 Å². The third-order valence-electron chi connectivity index (χ3n) is 5.01. The van der Waals surface area contributed by atoms with Crippen LogP contribution in [-0.4, -0.2) is 68.8 Å². The highest BCUT2D eigenvalue weighted by atomic mass is 32.2. The summed E-state index contributed by atoms with van der Waals surface area (Å²) in [5.74, 6) is -2.61. The Morgan fingerprint density at radius 3 is 2.60 bits per heavy atom. The minimum absolute atomic E-state index is 0.240. The van der Waals surface area contributed by atoms with Gasteiger partial charge >= 0.3 is 5.97 Å². The molecule has 5 N–H and O–H groups in total. The molecule has 0 aromatic heterocycles. The Kier molecular flexibility index (Phi) is 6.01. The van der Waals surface area contributed by atoms with Gasteiger partial charge in [0.15, 0.2) is 0 Å². The van der Waals surface area contributed by atoms with Gasteiger partial charge in [-0.25, -0.2) is 4.79 Å². The molecule has 3 amide bonds. The van der Waals surface area contributed by atoms with Gasteiger partial charge in [0.25, 0.3) is 0 Å². The number of carbonyl (C=O) groups is 4. The lowest BCUT2D eigenvalue weighted by Crippen LogP contribution is -2.71. The summed E-state index contributed by atoms with van der Waals surface area (Å²) in [5, 5.41) is 14.3. The number of thioether (sulfide) groups is 1. The van der Waals surface area contributed by atoms with Gasteiger partial charge in [0.2, 0.25) is 17.7 Å². The Bertz CT molecular complexity index is 891. The van der Waals surface area contributed by atoms with Crippen molar-refractivity contribution < 1.29 is 24.3 Å². The second-order valence-electron chi connectivity index (χ2n) is 7.49. The van der Waals surface area contributed by atoms with Crippen LogP contribution in [0.2, 0.25) is 0 Å². The lowest BCUT2D eigenvalue weighted by atomic mass is 9.95. The van der Waals surface area contributed by atoms with E-state index in [9.17, 15) is 24.3 Å². The van der Waals surface area contributed by atoms with E-state index in [0.29, 0.717) is 5.56 Å². The summed E-state index contributed by atoms with van der Waals surface area (Å²) in [5.41, 5.74) is 5.69.